The molecule has 17 heavy (non-hydrogen) atoms. The standard InChI is InChI=1S/C10H17N5O.ClH/c1-7(11)9(16)13-6-8-4-5-12-10(14-8)15(2)3;/h4-5,7H,6,11H2,1-3H3,(H,13,16);1H/t7-;/m1./s1. The minimum absolute atomic E-state index is 0. The van der Waals surface area contributed by atoms with Crippen molar-refractivity contribution in [1.29, 1.82) is 0 Å². The van der Waals surface area contributed by atoms with E-state index in [2.05, 4.69) is 15.3 Å². The fourth-order valence-corrected chi connectivity index (χ4v) is 1.04. The van der Waals surface area contributed by atoms with Crippen LogP contribution in [-0.4, -0.2) is 36.0 Å². The number of nitrogens with two attached hydrogens (primary N) is 1. The number of nitrogens with one attached hydrogen (secondary N) is 1. The average molecular weight is 260 g/mol. The Morgan fingerprint density at radius 2 is 2.24 bits per heavy atom. The molecule has 0 saturated carbocycles. The lowest BCUT2D eigenvalue weighted by molar-refractivity contribution is -0.122. The molecule has 3 N–H and O–H groups in total. The van der Waals surface area contributed by atoms with E-state index in [9.17, 15) is 4.79 Å². The lowest BCUT2D eigenvalue weighted by Crippen LogP contribution is -2.38. The second-order valence-corrected chi connectivity index (χ2v) is 3.75. The SMILES string of the molecule is C[C@@H](N)C(=O)NCc1ccnc(N(C)C)n1.Cl. The Labute approximate surface area is 107 Å². The van der Waals surface area contributed by atoms with Crippen molar-refractivity contribution in [2.45, 2.75) is 19.5 Å². The van der Waals surface area contributed by atoms with Gasteiger partial charge in [0.25, 0.3) is 0 Å². The summed E-state index contributed by atoms with van der Waals surface area (Å²) < 4.78 is 0. The Bertz CT molecular complexity index is 369. The Morgan fingerprint density at radius 1 is 1.59 bits per heavy atom. The van der Waals surface area contributed by atoms with Crippen LogP contribution in [0.3, 0.4) is 0 Å². The van der Waals surface area contributed by atoms with Crippen LogP contribution in [0.1, 0.15) is 12.6 Å². The van der Waals surface area contributed by atoms with Crippen molar-refractivity contribution in [3.8, 4) is 0 Å². The molecular weight excluding hydrogens is 242 g/mol. The number of halogens is 1. The van der Waals surface area contributed by atoms with Gasteiger partial charge in [0.2, 0.25) is 11.9 Å². The smallest absolute Gasteiger partial charge is 0.236 e. The maximum absolute atomic E-state index is 11.2. The van der Waals surface area contributed by atoms with Gasteiger partial charge in [-0.25, -0.2) is 9.97 Å². The zero-order chi connectivity index (χ0) is 12.1. The molecule has 1 amide bonds. The van der Waals surface area contributed by atoms with Crippen LogP contribution in [0.25, 0.3) is 0 Å². The highest BCUT2D eigenvalue weighted by Crippen LogP contribution is 2.02. The van der Waals surface area contributed by atoms with E-state index in [-0.39, 0.29) is 18.3 Å². The molecule has 0 radical (unpaired) electrons. The van der Waals surface area contributed by atoms with E-state index in [1.807, 2.05) is 14.1 Å². The van der Waals surface area contributed by atoms with Gasteiger partial charge in [-0.15, -0.1) is 12.4 Å². The van der Waals surface area contributed by atoms with Crippen molar-refractivity contribution in [3.63, 3.8) is 0 Å². The fraction of sp³-hybridized carbons (Fsp3) is 0.500. The molecule has 0 aliphatic rings. The third kappa shape index (κ3) is 4.97. The molecule has 1 aromatic rings. The number of aromatic nitrogens is 2. The molecule has 0 aliphatic carbocycles. The molecule has 1 atom stereocenters. The number of carbonyl (C=O) groups excluding carboxylic acids is 1. The van der Waals surface area contributed by atoms with Crippen LogP contribution in [0.2, 0.25) is 0 Å². The molecule has 0 bridgehead atoms. The Kier molecular flexibility index (Phi) is 6.45. The summed E-state index contributed by atoms with van der Waals surface area (Å²) in [5, 5.41) is 2.69. The molecule has 1 heterocycles. The molecule has 0 spiro atoms. The molecule has 7 heteroatoms. The van der Waals surface area contributed by atoms with E-state index in [0.29, 0.717) is 12.5 Å². The van der Waals surface area contributed by atoms with Crippen molar-refractivity contribution >= 4 is 24.3 Å². The maximum atomic E-state index is 11.2. The number of anilines is 1. The van der Waals surface area contributed by atoms with Gasteiger partial charge in [-0.3, -0.25) is 4.79 Å². The first kappa shape index (κ1) is 15.6. The van der Waals surface area contributed by atoms with Gasteiger partial charge in [0, 0.05) is 20.3 Å². The van der Waals surface area contributed by atoms with Crippen molar-refractivity contribution in [2.24, 2.45) is 5.73 Å². The van der Waals surface area contributed by atoms with Gasteiger partial charge in [0.15, 0.2) is 0 Å². The van der Waals surface area contributed by atoms with Gasteiger partial charge >= 0.3 is 0 Å². The molecule has 6 nitrogen and oxygen atoms in total. The minimum Gasteiger partial charge on any atom is -0.349 e. The van der Waals surface area contributed by atoms with E-state index in [1.54, 1.807) is 24.1 Å². The first-order chi connectivity index (χ1) is 7.50. The van der Waals surface area contributed by atoms with Crippen LogP contribution in [-0.2, 0) is 11.3 Å². The average Bonchev–Trinajstić information content (AvgIpc) is 2.26. The molecule has 0 aromatic carbocycles. The summed E-state index contributed by atoms with van der Waals surface area (Å²) in [4.78, 5) is 21.4. The number of amides is 1. The van der Waals surface area contributed by atoms with Gasteiger partial charge < -0.3 is 16.0 Å². The largest absolute Gasteiger partial charge is 0.349 e. The first-order valence-corrected chi connectivity index (χ1v) is 5.03. The third-order valence-electron chi connectivity index (χ3n) is 1.96. The first-order valence-electron chi connectivity index (χ1n) is 5.03. The highest BCUT2D eigenvalue weighted by Gasteiger charge is 2.07. The Balaban J connectivity index is 0.00000256. The molecular formula is C10H18ClN5O. The van der Waals surface area contributed by atoms with Crippen molar-refractivity contribution < 1.29 is 4.79 Å². The van der Waals surface area contributed by atoms with Crippen molar-refractivity contribution in [1.82, 2.24) is 15.3 Å². The summed E-state index contributed by atoms with van der Waals surface area (Å²) in [5.41, 5.74) is 6.18. The van der Waals surface area contributed by atoms with Crippen LogP contribution in [0.4, 0.5) is 5.95 Å². The number of carbonyl (C=O) groups is 1. The van der Waals surface area contributed by atoms with Gasteiger partial charge in [0.1, 0.15) is 0 Å². The van der Waals surface area contributed by atoms with Crippen LogP contribution >= 0.6 is 12.4 Å². The predicted octanol–water partition coefficient (Wildman–Crippen LogP) is -0.0722. The van der Waals surface area contributed by atoms with Gasteiger partial charge in [-0.1, -0.05) is 0 Å². The number of nitrogens with zero attached hydrogens (tertiary/aromatic N) is 3. The van der Waals surface area contributed by atoms with Gasteiger partial charge in [-0.2, -0.15) is 0 Å². The minimum atomic E-state index is -0.504. The zero-order valence-corrected chi connectivity index (χ0v) is 11.0. The normalized spacial score (nSPS) is 11.3. The second-order valence-electron chi connectivity index (χ2n) is 3.75. The van der Waals surface area contributed by atoms with E-state index >= 15 is 0 Å². The molecule has 0 saturated heterocycles. The van der Waals surface area contributed by atoms with Crippen LogP contribution in [0.5, 0.6) is 0 Å². The molecule has 0 unspecified atom stereocenters. The monoisotopic (exact) mass is 259 g/mol. The Morgan fingerprint density at radius 3 is 2.76 bits per heavy atom. The molecule has 1 rings (SSSR count). The molecule has 0 aliphatic heterocycles. The predicted molar refractivity (Wildman–Crippen MR) is 69.1 cm³/mol. The lowest BCUT2D eigenvalue weighted by atomic mass is 10.3. The maximum Gasteiger partial charge on any atom is 0.236 e. The third-order valence-corrected chi connectivity index (χ3v) is 1.96. The van der Waals surface area contributed by atoms with Gasteiger partial charge in [-0.05, 0) is 13.0 Å². The van der Waals surface area contributed by atoms with Crippen LogP contribution < -0.4 is 16.0 Å². The second kappa shape index (κ2) is 7.03. The van der Waals surface area contributed by atoms with E-state index in [1.165, 1.54) is 0 Å². The summed E-state index contributed by atoms with van der Waals surface area (Å²) in [6.07, 6.45) is 1.66. The Hall–Kier alpha value is -1.40. The highest BCUT2D eigenvalue weighted by atomic mass is 35.5. The van der Waals surface area contributed by atoms with Crippen LogP contribution in [0, 0.1) is 0 Å². The fourth-order valence-electron chi connectivity index (χ4n) is 1.04. The topological polar surface area (TPSA) is 84.1 Å². The summed E-state index contributed by atoms with van der Waals surface area (Å²) in [7, 11) is 3.72. The van der Waals surface area contributed by atoms with Crippen LogP contribution in [0.15, 0.2) is 12.3 Å². The summed E-state index contributed by atoms with van der Waals surface area (Å²) in [6.45, 7) is 2.00. The molecule has 1 aromatic heterocycles. The van der Waals surface area contributed by atoms with Crippen molar-refractivity contribution in [3.05, 3.63) is 18.0 Å². The summed E-state index contributed by atoms with van der Waals surface area (Å²) in [6, 6.07) is 1.25. The number of hydrogen-bond donors (Lipinski definition) is 2. The molecule has 0 fully saturated rings. The van der Waals surface area contributed by atoms with Gasteiger partial charge in [0.05, 0.1) is 18.3 Å². The number of hydrogen-bond acceptors (Lipinski definition) is 5. The van der Waals surface area contributed by atoms with Crippen molar-refractivity contribution in [2.75, 3.05) is 19.0 Å². The molecule has 96 valence electrons. The lowest BCUT2D eigenvalue weighted by Gasteiger charge is -2.11. The zero-order valence-electron chi connectivity index (χ0n) is 10.2. The highest BCUT2D eigenvalue weighted by molar-refractivity contribution is 5.85. The van der Waals surface area contributed by atoms with E-state index < -0.39 is 6.04 Å². The van der Waals surface area contributed by atoms with E-state index in [4.69, 9.17) is 5.73 Å². The summed E-state index contributed by atoms with van der Waals surface area (Å²) in [5.74, 6) is 0.428. The summed E-state index contributed by atoms with van der Waals surface area (Å²) >= 11 is 0. The number of rotatable bonds is 4. The quantitative estimate of drug-likeness (QED) is 0.791. The van der Waals surface area contributed by atoms with E-state index in [0.717, 1.165) is 5.69 Å².